The first kappa shape index (κ1) is 12.9. The number of methoxy groups -OCH3 is 1. The van der Waals surface area contributed by atoms with Gasteiger partial charge < -0.3 is 10.1 Å². The molecule has 1 aromatic carbocycles. The Balaban J connectivity index is 2.50. The smallest absolute Gasteiger partial charge is 0.119 e. The van der Waals surface area contributed by atoms with Crippen LogP contribution in [-0.4, -0.2) is 20.2 Å². The van der Waals surface area contributed by atoms with E-state index >= 15 is 0 Å². The van der Waals surface area contributed by atoms with Crippen LogP contribution in [0.15, 0.2) is 18.2 Å². The Morgan fingerprint density at radius 3 is 2.82 bits per heavy atom. The number of halogens is 1. The van der Waals surface area contributed by atoms with Crippen molar-refractivity contribution < 1.29 is 4.74 Å². The Morgan fingerprint density at radius 1 is 1.41 bits per heavy atom. The normalized spacial score (nSPS) is 24.3. The minimum absolute atomic E-state index is 0.0328. The number of fused-ring (bicyclic) bond motifs is 1. The van der Waals surface area contributed by atoms with Gasteiger partial charge in [-0.3, -0.25) is 0 Å². The van der Waals surface area contributed by atoms with Gasteiger partial charge in [0.05, 0.1) is 11.4 Å². The standard InChI is InChI=1S/C14H20BrNO/c1-10(2)14(15)9-16-7-6-11-8-12(17-3)4-5-13(11)14/h4-5,8,10,16H,6-7,9H2,1-3H3. The molecule has 94 valence electrons. The van der Waals surface area contributed by atoms with Gasteiger partial charge in [0.25, 0.3) is 0 Å². The molecular formula is C14H20BrNO. The summed E-state index contributed by atoms with van der Waals surface area (Å²) in [4.78, 5) is 0. The number of hydrogen-bond acceptors (Lipinski definition) is 2. The van der Waals surface area contributed by atoms with Crippen LogP contribution in [0.25, 0.3) is 0 Å². The highest BCUT2D eigenvalue weighted by Gasteiger charge is 2.35. The number of nitrogens with one attached hydrogen (secondary N) is 1. The van der Waals surface area contributed by atoms with Gasteiger partial charge in [-0.25, -0.2) is 0 Å². The molecule has 1 aliphatic rings. The predicted octanol–water partition coefficient (Wildman–Crippen LogP) is 3.09. The maximum Gasteiger partial charge on any atom is 0.119 e. The predicted molar refractivity (Wildman–Crippen MR) is 75.0 cm³/mol. The van der Waals surface area contributed by atoms with Gasteiger partial charge in [0.2, 0.25) is 0 Å². The highest BCUT2D eigenvalue weighted by molar-refractivity contribution is 9.09. The Bertz CT molecular complexity index is 405. The molecule has 3 heteroatoms. The summed E-state index contributed by atoms with van der Waals surface area (Å²) in [5, 5.41) is 3.52. The molecule has 2 nitrogen and oxygen atoms in total. The Morgan fingerprint density at radius 2 is 2.18 bits per heavy atom. The number of hydrogen-bond donors (Lipinski definition) is 1. The molecule has 1 atom stereocenters. The van der Waals surface area contributed by atoms with E-state index in [4.69, 9.17) is 4.74 Å². The van der Waals surface area contributed by atoms with E-state index in [-0.39, 0.29) is 4.32 Å². The molecule has 1 N–H and O–H groups in total. The molecule has 2 rings (SSSR count). The van der Waals surface area contributed by atoms with Gasteiger partial charge in [0, 0.05) is 6.54 Å². The molecular weight excluding hydrogens is 278 g/mol. The number of benzene rings is 1. The number of ether oxygens (including phenoxy) is 1. The van der Waals surface area contributed by atoms with Gasteiger partial charge in [0.1, 0.15) is 5.75 Å². The molecule has 1 unspecified atom stereocenters. The molecule has 0 aromatic heterocycles. The Kier molecular flexibility index (Phi) is 3.79. The fourth-order valence-electron chi connectivity index (χ4n) is 2.41. The second kappa shape index (κ2) is 4.99. The Hall–Kier alpha value is -0.540. The first-order chi connectivity index (χ1) is 8.08. The van der Waals surface area contributed by atoms with Crippen molar-refractivity contribution in [2.24, 2.45) is 5.92 Å². The summed E-state index contributed by atoms with van der Waals surface area (Å²) in [5.74, 6) is 1.49. The van der Waals surface area contributed by atoms with Crippen LogP contribution in [0.1, 0.15) is 25.0 Å². The average Bonchev–Trinajstić information content (AvgIpc) is 2.49. The molecule has 0 radical (unpaired) electrons. The first-order valence-corrected chi connectivity index (χ1v) is 6.94. The summed E-state index contributed by atoms with van der Waals surface area (Å²) in [6.07, 6.45) is 1.06. The van der Waals surface area contributed by atoms with Crippen molar-refractivity contribution >= 4 is 15.9 Å². The summed E-state index contributed by atoms with van der Waals surface area (Å²) in [5.41, 5.74) is 2.79. The highest BCUT2D eigenvalue weighted by atomic mass is 79.9. The molecule has 1 aliphatic heterocycles. The third-order valence-corrected chi connectivity index (χ3v) is 5.25. The van der Waals surface area contributed by atoms with Gasteiger partial charge in [-0.15, -0.1) is 0 Å². The Labute approximate surface area is 112 Å². The summed E-state index contributed by atoms with van der Waals surface area (Å²) in [6.45, 7) is 6.52. The van der Waals surface area contributed by atoms with Crippen LogP contribution in [0.4, 0.5) is 0 Å². The lowest BCUT2D eigenvalue weighted by Gasteiger charge is -2.32. The average molecular weight is 298 g/mol. The lowest BCUT2D eigenvalue weighted by molar-refractivity contribution is 0.412. The van der Waals surface area contributed by atoms with E-state index in [1.165, 1.54) is 11.1 Å². The quantitative estimate of drug-likeness (QED) is 0.847. The maximum absolute atomic E-state index is 5.31. The van der Waals surface area contributed by atoms with E-state index in [1.54, 1.807) is 7.11 Å². The lowest BCUT2D eigenvalue weighted by Crippen LogP contribution is -2.36. The van der Waals surface area contributed by atoms with Crippen molar-refractivity contribution in [3.63, 3.8) is 0 Å². The first-order valence-electron chi connectivity index (χ1n) is 6.15. The fraction of sp³-hybridized carbons (Fsp3) is 0.571. The molecule has 1 aromatic rings. The summed E-state index contributed by atoms with van der Waals surface area (Å²) in [7, 11) is 1.72. The zero-order valence-corrected chi connectivity index (χ0v) is 12.3. The van der Waals surface area contributed by atoms with Gasteiger partial charge >= 0.3 is 0 Å². The molecule has 1 heterocycles. The number of alkyl halides is 1. The SMILES string of the molecule is COc1ccc2c(c1)CCNCC2(Br)C(C)C. The van der Waals surface area contributed by atoms with Gasteiger partial charge in [-0.1, -0.05) is 35.8 Å². The molecule has 0 aliphatic carbocycles. The zero-order valence-electron chi connectivity index (χ0n) is 10.7. The van der Waals surface area contributed by atoms with Gasteiger partial charge in [-0.2, -0.15) is 0 Å². The van der Waals surface area contributed by atoms with Crippen LogP contribution < -0.4 is 10.1 Å². The van der Waals surface area contributed by atoms with Crippen molar-refractivity contribution in [2.75, 3.05) is 20.2 Å². The maximum atomic E-state index is 5.31. The summed E-state index contributed by atoms with van der Waals surface area (Å²) >= 11 is 3.95. The molecule has 0 spiro atoms. The zero-order chi connectivity index (χ0) is 12.5. The van der Waals surface area contributed by atoms with Crippen molar-refractivity contribution in [1.82, 2.24) is 5.32 Å². The van der Waals surface area contributed by atoms with Crippen LogP contribution in [-0.2, 0) is 10.7 Å². The van der Waals surface area contributed by atoms with Gasteiger partial charge in [-0.05, 0) is 42.1 Å². The third kappa shape index (κ3) is 2.36. The topological polar surface area (TPSA) is 21.3 Å². The van der Waals surface area contributed by atoms with Crippen LogP contribution in [0.5, 0.6) is 5.75 Å². The van der Waals surface area contributed by atoms with Crippen molar-refractivity contribution in [1.29, 1.82) is 0 Å². The van der Waals surface area contributed by atoms with E-state index in [9.17, 15) is 0 Å². The molecule has 0 fully saturated rings. The molecule has 17 heavy (non-hydrogen) atoms. The summed E-state index contributed by atoms with van der Waals surface area (Å²) < 4.78 is 5.35. The minimum Gasteiger partial charge on any atom is -0.497 e. The number of rotatable bonds is 2. The largest absolute Gasteiger partial charge is 0.497 e. The van der Waals surface area contributed by atoms with Crippen molar-refractivity contribution in [2.45, 2.75) is 24.6 Å². The van der Waals surface area contributed by atoms with Crippen LogP contribution >= 0.6 is 15.9 Å². The molecule has 0 saturated heterocycles. The van der Waals surface area contributed by atoms with E-state index in [0.29, 0.717) is 5.92 Å². The second-order valence-corrected chi connectivity index (χ2v) is 6.38. The van der Waals surface area contributed by atoms with Crippen molar-refractivity contribution in [3.8, 4) is 5.75 Å². The fourth-order valence-corrected chi connectivity index (χ4v) is 3.00. The van der Waals surface area contributed by atoms with E-state index in [0.717, 1.165) is 25.3 Å². The van der Waals surface area contributed by atoms with E-state index in [1.807, 2.05) is 0 Å². The van der Waals surface area contributed by atoms with Crippen LogP contribution in [0.3, 0.4) is 0 Å². The lowest BCUT2D eigenvalue weighted by atomic mass is 9.85. The monoisotopic (exact) mass is 297 g/mol. The van der Waals surface area contributed by atoms with Crippen LogP contribution in [0.2, 0.25) is 0 Å². The van der Waals surface area contributed by atoms with Crippen LogP contribution in [0, 0.1) is 5.92 Å². The third-order valence-electron chi connectivity index (χ3n) is 3.63. The molecule has 0 saturated carbocycles. The molecule has 0 bridgehead atoms. The highest BCUT2D eigenvalue weighted by Crippen LogP contribution is 2.42. The van der Waals surface area contributed by atoms with Gasteiger partial charge in [0.15, 0.2) is 0 Å². The van der Waals surface area contributed by atoms with E-state index < -0.39 is 0 Å². The van der Waals surface area contributed by atoms with E-state index in [2.05, 4.69) is 53.3 Å². The van der Waals surface area contributed by atoms with Crippen molar-refractivity contribution in [3.05, 3.63) is 29.3 Å². The minimum atomic E-state index is 0.0328. The second-order valence-electron chi connectivity index (χ2n) is 4.97. The summed E-state index contributed by atoms with van der Waals surface area (Å²) in [6, 6.07) is 6.43. The molecule has 0 amide bonds.